The number of benzene rings is 3. The van der Waals surface area contributed by atoms with Crippen LogP contribution in [-0.2, 0) is 37.4 Å². The maximum Gasteiger partial charge on any atom is 0.335 e. The normalized spacial score (nSPS) is 17.3. The summed E-state index contributed by atoms with van der Waals surface area (Å²) in [6, 6.07) is 15.8. The zero-order valence-corrected chi connectivity index (χ0v) is 21.5. The maximum atomic E-state index is 13.4. The van der Waals surface area contributed by atoms with E-state index in [1.807, 2.05) is 6.07 Å². The van der Waals surface area contributed by atoms with Crippen LogP contribution in [0.3, 0.4) is 0 Å². The lowest BCUT2D eigenvalue weighted by atomic mass is 9.99. The molecule has 1 saturated heterocycles. The molecule has 0 bridgehead atoms. The predicted octanol–water partition coefficient (Wildman–Crippen LogP) is 5.45. The lowest BCUT2D eigenvalue weighted by Gasteiger charge is -2.30. The van der Waals surface area contributed by atoms with Crippen LogP contribution in [0.5, 0.6) is 5.75 Å². The highest BCUT2D eigenvalue weighted by molar-refractivity contribution is 6.30. The topological polar surface area (TPSA) is 76.8 Å². The van der Waals surface area contributed by atoms with Crippen LogP contribution in [0.4, 0.5) is 4.39 Å². The molecule has 4 aromatic rings. The van der Waals surface area contributed by atoms with Gasteiger partial charge in [0.25, 0.3) is 0 Å². The SMILES string of the molecule is O=C(O)c1ccc2nc(CN3CCc4ccc(OCc5ccc(F)c(Cl)c5)cc4C3)n(C[C@@H]3CCO3)c2c1. The van der Waals surface area contributed by atoms with E-state index in [9.17, 15) is 14.3 Å². The lowest BCUT2D eigenvalue weighted by Crippen LogP contribution is -2.34. The van der Waals surface area contributed by atoms with Gasteiger partial charge in [0.1, 0.15) is 24.0 Å². The molecule has 1 N–H and O–H groups in total. The van der Waals surface area contributed by atoms with Crippen LogP contribution < -0.4 is 4.74 Å². The van der Waals surface area contributed by atoms with Crippen molar-refractivity contribution in [1.82, 2.24) is 14.5 Å². The fraction of sp³-hybridized carbons (Fsp3) is 0.310. The van der Waals surface area contributed by atoms with Crippen molar-refractivity contribution < 1.29 is 23.8 Å². The smallest absolute Gasteiger partial charge is 0.335 e. The quantitative estimate of drug-likeness (QED) is 0.323. The summed E-state index contributed by atoms with van der Waals surface area (Å²) >= 11 is 5.89. The first kappa shape index (κ1) is 24.9. The Hall–Kier alpha value is -3.46. The molecule has 1 fully saturated rings. The summed E-state index contributed by atoms with van der Waals surface area (Å²) in [5.41, 5.74) is 5.16. The number of fused-ring (bicyclic) bond motifs is 2. The monoisotopic (exact) mass is 535 g/mol. The van der Waals surface area contributed by atoms with Crippen molar-refractivity contribution in [3.63, 3.8) is 0 Å². The summed E-state index contributed by atoms with van der Waals surface area (Å²) in [7, 11) is 0. The molecule has 1 atom stereocenters. The number of hydrogen-bond donors (Lipinski definition) is 1. The Bertz CT molecular complexity index is 1520. The van der Waals surface area contributed by atoms with E-state index < -0.39 is 11.8 Å². The molecule has 9 heteroatoms. The van der Waals surface area contributed by atoms with Gasteiger partial charge in [-0.1, -0.05) is 23.7 Å². The van der Waals surface area contributed by atoms with E-state index in [4.69, 9.17) is 26.1 Å². The summed E-state index contributed by atoms with van der Waals surface area (Å²) in [6.45, 7) is 4.00. The first-order chi connectivity index (χ1) is 18.4. The second-order valence-electron chi connectivity index (χ2n) is 9.86. The van der Waals surface area contributed by atoms with E-state index in [1.165, 1.54) is 17.2 Å². The van der Waals surface area contributed by atoms with Crippen LogP contribution in [0, 0.1) is 5.82 Å². The molecule has 0 aliphatic carbocycles. The van der Waals surface area contributed by atoms with Crippen molar-refractivity contribution in [2.45, 2.75) is 45.2 Å². The van der Waals surface area contributed by atoms with Crippen LogP contribution in [0.1, 0.15) is 39.3 Å². The molecule has 3 aromatic carbocycles. The maximum absolute atomic E-state index is 13.4. The molecular weight excluding hydrogens is 509 g/mol. The van der Waals surface area contributed by atoms with Crippen molar-refractivity contribution in [3.8, 4) is 5.75 Å². The zero-order chi connectivity index (χ0) is 26.2. The summed E-state index contributed by atoms with van der Waals surface area (Å²) in [5.74, 6) is 0.262. The number of aromatic carboxylic acids is 1. The number of hydrogen-bond acceptors (Lipinski definition) is 5. The van der Waals surface area contributed by atoms with Gasteiger partial charge in [0.05, 0.1) is 40.8 Å². The molecule has 0 saturated carbocycles. The third-order valence-corrected chi connectivity index (χ3v) is 7.57. The first-order valence-electron chi connectivity index (χ1n) is 12.7. The van der Waals surface area contributed by atoms with Crippen LogP contribution in [-0.4, -0.2) is 44.8 Å². The molecule has 0 unspecified atom stereocenters. The van der Waals surface area contributed by atoms with Crippen molar-refractivity contribution in [2.75, 3.05) is 13.2 Å². The molecular formula is C29H27ClFN3O4. The van der Waals surface area contributed by atoms with E-state index in [-0.39, 0.29) is 16.7 Å². The van der Waals surface area contributed by atoms with Gasteiger partial charge in [-0.05, 0) is 72.0 Å². The van der Waals surface area contributed by atoms with Crippen molar-refractivity contribution >= 4 is 28.6 Å². The number of aromatic nitrogens is 2. The third kappa shape index (κ3) is 5.12. The second-order valence-corrected chi connectivity index (χ2v) is 10.3. The van der Waals surface area contributed by atoms with Gasteiger partial charge in [-0.25, -0.2) is 14.2 Å². The van der Waals surface area contributed by atoms with Gasteiger partial charge in [0.2, 0.25) is 0 Å². The molecule has 0 radical (unpaired) electrons. The predicted molar refractivity (Wildman–Crippen MR) is 141 cm³/mol. The highest BCUT2D eigenvalue weighted by Gasteiger charge is 2.24. The van der Waals surface area contributed by atoms with Gasteiger partial charge in [0, 0.05) is 19.7 Å². The second kappa shape index (κ2) is 10.4. The van der Waals surface area contributed by atoms with E-state index in [1.54, 1.807) is 30.3 Å². The van der Waals surface area contributed by atoms with Gasteiger partial charge < -0.3 is 19.1 Å². The molecule has 38 heavy (non-hydrogen) atoms. The van der Waals surface area contributed by atoms with Crippen LogP contribution in [0.25, 0.3) is 11.0 Å². The first-order valence-corrected chi connectivity index (χ1v) is 13.1. The number of imidazole rings is 1. The van der Waals surface area contributed by atoms with Gasteiger partial charge in [-0.15, -0.1) is 0 Å². The highest BCUT2D eigenvalue weighted by Crippen LogP contribution is 2.28. The Balaban J connectivity index is 1.20. The van der Waals surface area contributed by atoms with Gasteiger partial charge >= 0.3 is 5.97 Å². The Labute approximate surface area is 224 Å². The molecule has 6 rings (SSSR count). The Morgan fingerprint density at radius 1 is 1.16 bits per heavy atom. The average molecular weight is 536 g/mol. The largest absolute Gasteiger partial charge is 0.489 e. The molecule has 3 heterocycles. The number of rotatable bonds is 8. The number of carboxylic acid groups (broad SMARTS) is 1. The van der Waals surface area contributed by atoms with Gasteiger partial charge in [-0.3, -0.25) is 4.90 Å². The molecule has 2 aliphatic heterocycles. The van der Waals surface area contributed by atoms with E-state index in [0.29, 0.717) is 19.7 Å². The van der Waals surface area contributed by atoms with Crippen LogP contribution >= 0.6 is 11.6 Å². The molecule has 0 amide bonds. The summed E-state index contributed by atoms with van der Waals surface area (Å²) < 4.78 is 27.2. The number of carbonyl (C=O) groups is 1. The zero-order valence-electron chi connectivity index (χ0n) is 20.7. The van der Waals surface area contributed by atoms with Crippen LogP contribution in [0.15, 0.2) is 54.6 Å². The number of carboxylic acids is 1. The van der Waals surface area contributed by atoms with Gasteiger partial charge in [-0.2, -0.15) is 0 Å². The number of nitrogens with zero attached hydrogens (tertiary/aromatic N) is 3. The summed E-state index contributed by atoms with van der Waals surface area (Å²) in [5, 5.41) is 9.57. The third-order valence-electron chi connectivity index (χ3n) is 7.28. The van der Waals surface area contributed by atoms with Crippen molar-refractivity contribution in [1.29, 1.82) is 0 Å². The summed E-state index contributed by atoms with van der Waals surface area (Å²) in [6.07, 6.45) is 2.03. The Morgan fingerprint density at radius 2 is 2.03 bits per heavy atom. The van der Waals surface area contributed by atoms with E-state index in [0.717, 1.165) is 60.7 Å². The summed E-state index contributed by atoms with van der Waals surface area (Å²) in [4.78, 5) is 18.8. The minimum absolute atomic E-state index is 0.0845. The Morgan fingerprint density at radius 3 is 2.79 bits per heavy atom. The molecule has 1 aromatic heterocycles. The molecule has 0 spiro atoms. The lowest BCUT2D eigenvalue weighted by molar-refractivity contribution is -0.0592. The number of ether oxygens (including phenoxy) is 2. The van der Waals surface area contributed by atoms with E-state index >= 15 is 0 Å². The minimum atomic E-state index is -0.950. The fourth-order valence-corrected chi connectivity index (χ4v) is 5.28. The number of halogens is 2. The molecule has 196 valence electrons. The van der Waals surface area contributed by atoms with E-state index in [2.05, 4.69) is 21.6 Å². The highest BCUT2D eigenvalue weighted by atomic mass is 35.5. The van der Waals surface area contributed by atoms with Crippen molar-refractivity contribution in [2.24, 2.45) is 0 Å². The molecule has 2 aliphatic rings. The Kier molecular flexibility index (Phi) is 6.78. The molecule has 7 nitrogen and oxygen atoms in total. The van der Waals surface area contributed by atoms with Crippen LogP contribution in [0.2, 0.25) is 5.02 Å². The van der Waals surface area contributed by atoms with Crippen molar-refractivity contribution in [3.05, 3.63) is 93.5 Å². The standard InChI is InChI=1S/C29H27ClFN3O4/c30-24-11-18(1-5-25(24)31)17-38-22-4-2-19-7-9-33(14-21(19)12-22)16-28-32-26-6-3-20(29(35)36)13-27(26)34(28)15-23-8-10-37-23/h1-6,11-13,23H,7-10,14-17H2,(H,35,36)/t23-/m0/s1. The minimum Gasteiger partial charge on any atom is -0.489 e. The van der Waals surface area contributed by atoms with Gasteiger partial charge in [0.15, 0.2) is 0 Å². The fourth-order valence-electron chi connectivity index (χ4n) is 5.07. The average Bonchev–Trinajstić information content (AvgIpc) is 3.22.